The monoisotopic (exact) mass is 488 g/mol. The Balaban J connectivity index is 1.57. The number of ether oxygens (including phenoxy) is 1. The zero-order valence-corrected chi connectivity index (χ0v) is 21.2. The standard InChI is InChI=1S/C28H32N4O4/c1-18(2)12-24(31(4)27(35)36-16-20-8-6-5-7-9-20)25(33)32-17-28(14-21(32)15-29)22-13-19(3)10-11-23(22)30-26(28)34/h5-11,13,18,21,24H,12,14,16-17H2,1-4H3,(H,30,34)/t21-,24-,28-/m0/s1. The third-order valence-corrected chi connectivity index (χ3v) is 7.10. The number of fused-ring (bicyclic) bond motifs is 2. The highest BCUT2D eigenvalue weighted by atomic mass is 16.6. The number of nitrogens with one attached hydrogen (secondary N) is 1. The highest BCUT2D eigenvalue weighted by Crippen LogP contribution is 2.47. The third kappa shape index (κ3) is 4.66. The topological polar surface area (TPSA) is 103 Å². The number of anilines is 1. The average Bonchev–Trinajstić information content (AvgIpc) is 3.39. The van der Waals surface area contributed by atoms with E-state index in [0.29, 0.717) is 6.42 Å². The Bertz CT molecular complexity index is 1210. The number of carbonyl (C=O) groups is 3. The maximum absolute atomic E-state index is 13.9. The van der Waals surface area contributed by atoms with Crippen molar-refractivity contribution in [2.45, 2.75) is 57.7 Å². The molecule has 0 aliphatic carbocycles. The van der Waals surface area contributed by atoms with Gasteiger partial charge in [0.15, 0.2) is 0 Å². The van der Waals surface area contributed by atoms with Crippen LogP contribution in [-0.4, -0.2) is 53.4 Å². The van der Waals surface area contributed by atoms with Crippen molar-refractivity contribution in [1.29, 1.82) is 5.26 Å². The van der Waals surface area contributed by atoms with Crippen LogP contribution in [0.4, 0.5) is 10.5 Å². The summed E-state index contributed by atoms with van der Waals surface area (Å²) in [5, 5.41) is 12.9. The number of nitriles is 1. The second-order valence-electron chi connectivity index (χ2n) is 10.2. The second kappa shape index (κ2) is 10.0. The van der Waals surface area contributed by atoms with E-state index in [4.69, 9.17) is 4.74 Å². The lowest BCUT2D eigenvalue weighted by molar-refractivity contribution is -0.137. The zero-order valence-electron chi connectivity index (χ0n) is 21.2. The van der Waals surface area contributed by atoms with E-state index in [1.54, 1.807) is 7.05 Å². The average molecular weight is 489 g/mol. The number of nitrogens with zero attached hydrogens (tertiary/aromatic N) is 3. The number of likely N-dealkylation sites (N-methyl/N-ethyl adjacent to an activating group) is 1. The maximum Gasteiger partial charge on any atom is 0.410 e. The fourth-order valence-electron chi connectivity index (χ4n) is 5.15. The molecule has 2 aliphatic rings. The van der Waals surface area contributed by atoms with Crippen molar-refractivity contribution in [2.24, 2.45) is 5.92 Å². The predicted octanol–water partition coefficient (Wildman–Crippen LogP) is 3.99. The van der Waals surface area contributed by atoms with Crippen molar-refractivity contribution in [2.75, 3.05) is 18.9 Å². The Kier molecular flexibility index (Phi) is 7.02. The molecule has 8 heteroatoms. The Morgan fingerprint density at radius 3 is 2.64 bits per heavy atom. The number of benzene rings is 2. The van der Waals surface area contributed by atoms with Crippen LogP contribution >= 0.6 is 0 Å². The molecule has 3 amide bonds. The summed E-state index contributed by atoms with van der Waals surface area (Å²) in [5.74, 6) is -0.437. The molecular weight excluding hydrogens is 456 g/mol. The summed E-state index contributed by atoms with van der Waals surface area (Å²) in [5.41, 5.74) is 2.40. The van der Waals surface area contributed by atoms with E-state index < -0.39 is 23.6 Å². The molecule has 2 aromatic carbocycles. The number of rotatable bonds is 6. The predicted molar refractivity (Wildman–Crippen MR) is 135 cm³/mol. The van der Waals surface area contributed by atoms with Crippen LogP contribution in [0.5, 0.6) is 0 Å². The molecule has 1 N–H and O–H groups in total. The first-order valence-corrected chi connectivity index (χ1v) is 12.2. The van der Waals surface area contributed by atoms with Gasteiger partial charge in [-0.25, -0.2) is 4.79 Å². The molecule has 0 aromatic heterocycles. The highest BCUT2D eigenvalue weighted by Gasteiger charge is 2.56. The molecular formula is C28H32N4O4. The quantitative estimate of drug-likeness (QED) is 0.662. The van der Waals surface area contributed by atoms with Crippen molar-refractivity contribution in [3.05, 3.63) is 65.2 Å². The summed E-state index contributed by atoms with van der Waals surface area (Å²) >= 11 is 0. The fourth-order valence-corrected chi connectivity index (χ4v) is 5.15. The van der Waals surface area contributed by atoms with E-state index >= 15 is 0 Å². The molecule has 1 spiro atoms. The molecule has 0 radical (unpaired) electrons. The normalized spacial score (nSPS) is 21.2. The lowest BCUT2D eigenvalue weighted by Crippen LogP contribution is -2.52. The van der Waals surface area contributed by atoms with Gasteiger partial charge in [0.1, 0.15) is 18.7 Å². The van der Waals surface area contributed by atoms with E-state index in [2.05, 4.69) is 11.4 Å². The van der Waals surface area contributed by atoms with Crippen LogP contribution in [0.3, 0.4) is 0 Å². The molecule has 3 atom stereocenters. The largest absolute Gasteiger partial charge is 0.445 e. The summed E-state index contributed by atoms with van der Waals surface area (Å²) < 4.78 is 5.48. The van der Waals surface area contributed by atoms with E-state index in [9.17, 15) is 19.6 Å². The van der Waals surface area contributed by atoms with Crippen molar-refractivity contribution in [3.63, 3.8) is 0 Å². The van der Waals surface area contributed by atoms with Gasteiger partial charge in [0, 0.05) is 25.7 Å². The van der Waals surface area contributed by atoms with Crippen LogP contribution in [0, 0.1) is 24.2 Å². The summed E-state index contributed by atoms with van der Waals surface area (Å²) in [6, 6.07) is 15.7. The smallest absolute Gasteiger partial charge is 0.410 e. The van der Waals surface area contributed by atoms with Gasteiger partial charge in [-0.3, -0.25) is 14.5 Å². The number of amides is 3. The van der Waals surface area contributed by atoms with Crippen LogP contribution in [0.15, 0.2) is 48.5 Å². The van der Waals surface area contributed by atoms with Crippen LogP contribution in [0.2, 0.25) is 0 Å². The minimum Gasteiger partial charge on any atom is -0.445 e. The van der Waals surface area contributed by atoms with Crippen LogP contribution in [-0.2, 0) is 26.3 Å². The molecule has 4 rings (SSSR count). The van der Waals surface area contributed by atoms with Gasteiger partial charge in [-0.15, -0.1) is 0 Å². The molecule has 0 unspecified atom stereocenters. The Morgan fingerprint density at radius 1 is 1.25 bits per heavy atom. The van der Waals surface area contributed by atoms with E-state index in [1.807, 2.05) is 69.3 Å². The highest BCUT2D eigenvalue weighted by molar-refractivity contribution is 6.07. The van der Waals surface area contributed by atoms with Gasteiger partial charge < -0.3 is 15.0 Å². The van der Waals surface area contributed by atoms with Gasteiger partial charge in [-0.2, -0.15) is 5.26 Å². The van der Waals surface area contributed by atoms with Gasteiger partial charge in [0.05, 0.1) is 11.5 Å². The van der Waals surface area contributed by atoms with E-state index in [-0.39, 0.29) is 37.3 Å². The van der Waals surface area contributed by atoms with Crippen molar-refractivity contribution in [3.8, 4) is 6.07 Å². The minimum atomic E-state index is -0.980. The first-order valence-electron chi connectivity index (χ1n) is 12.2. The van der Waals surface area contributed by atoms with Gasteiger partial charge in [0.2, 0.25) is 11.8 Å². The van der Waals surface area contributed by atoms with Crippen LogP contribution in [0.1, 0.15) is 43.4 Å². The number of hydrogen-bond donors (Lipinski definition) is 1. The maximum atomic E-state index is 13.9. The summed E-state index contributed by atoms with van der Waals surface area (Å²) in [7, 11) is 1.55. The molecule has 188 valence electrons. The van der Waals surface area contributed by atoms with E-state index in [0.717, 1.165) is 22.4 Å². The first kappa shape index (κ1) is 25.2. The lowest BCUT2D eigenvalue weighted by atomic mass is 9.79. The number of carbonyl (C=O) groups excluding carboxylic acids is 3. The molecule has 1 saturated heterocycles. The van der Waals surface area contributed by atoms with Gasteiger partial charge in [-0.1, -0.05) is 61.9 Å². The second-order valence-corrected chi connectivity index (χ2v) is 10.2. The third-order valence-electron chi connectivity index (χ3n) is 7.10. The fraction of sp³-hybridized carbons (Fsp3) is 0.429. The Labute approximate surface area is 211 Å². The molecule has 2 aliphatic heterocycles. The van der Waals surface area contributed by atoms with Crippen molar-refractivity contribution >= 4 is 23.6 Å². The van der Waals surface area contributed by atoms with E-state index in [1.165, 1.54) is 9.80 Å². The first-order chi connectivity index (χ1) is 17.2. The number of hydrogen-bond acceptors (Lipinski definition) is 5. The molecule has 0 bridgehead atoms. The van der Waals surface area contributed by atoms with Crippen LogP contribution in [0.25, 0.3) is 0 Å². The van der Waals surface area contributed by atoms with Gasteiger partial charge >= 0.3 is 6.09 Å². The number of aryl methyl sites for hydroxylation is 1. The SMILES string of the molecule is Cc1ccc2c(c1)[C@@]1(C[C@@H](C#N)N(C(=O)[C@H](CC(C)C)N(C)C(=O)OCc3ccccc3)C1)C(=O)N2. The Hall–Kier alpha value is -3.86. The van der Waals surface area contributed by atoms with Gasteiger partial charge in [-0.05, 0) is 36.5 Å². The molecule has 8 nitrogen and oxygen atoms in total. The summed E-state index contributed by atoms with van der Waals surface area (Å²) in [6.07, 6.45) is 0.00721. The minimum absolute atomic E-state index is 0.0911. The van der Waals surface area contributed by atoms with Crippen molar-refractivity contribution in [1.82, 2.24) is 9.80 Å². The van der Waals surface area contributed by atoms with Gasteiger partial charge in [0.25, 0.3) is 0 Å². The molecule has 2 heterocycles. The summed E-state index contributed by atoms with van der Waals surface area (Å²) in [4.78, 5) is 42.8. The molecule has 0 saturated carbocycles. The molecule has 2 aromatic rings. The van der Waals surface area contributed by atoms with Crippen molar-refractivity contribution < 1.29 is 19.1 Å². The molecule has 1 fully saturated rings. The molecule has 36 heavy (non-hydrogen) atoms. The zero-order chi connectivity index (χ0) is 26.0. The Morgan fingerprint density at radius 2 is 1.97 bits per heavy atom. The number of likely N-dealkylation sites (tertiary alicyclic amines) is 1. The lowest BCUT2D eigenvalue weighted by Gasteiger charge is -2.32. The summed E-state index contributed by atoms with van der Waals surface area (Å²) in [6.45, 7) is 6.08. The van der Waals surface area contributed by atoms with Crippen LogP contribution < -0.4 is 5.32 Å².